The Kier molecular flexibility index (Phi) is 3.97. The van der Waals surface area contributed by atoms with E-state index >= 15 is 0 Å². The molecule has 0 spiro atoms. The van der Waals surface area contributed by atoms with Crippen LogP contribution in [0.15, 0.2) is 17.5 Å². The molecule has 2 nitrogen and oxygen atoms in total. The molecule has 0 bridgehead atoms. The van der Waals surface area contributed by atoms with E-state index < -0.39 is 0 Å². The Labute approximate surface area is 121 Å². The summed E-state index contributed by atoms with van der Waals surface area (Å²) in [5.74, 6) is 0.958. The van der Waals surface area contributed by atoms with Crippen molar-refractivity contribution in [2.45, 2.75) is 57.7 Å². The molecule has 1 aliphatic heterocycles. The molecule has 1 N–H and O–H groups in total. The molecular formula is C16H26N2S. The highest BCUT2D eigenvalue weighted by molar-refractivity contribution is 7.09. The van der Waals surface area contributed by atoms with Crippen LogP contribution in [0, 0.1) is 5.92 Å². The molecule has 1 unspecified atom stereocenters. The zero-order valence-corrected chi connectivity index (χ0v) is 13.0. The number of nitrogens with one attached hydrogen (secondary N) is 1. The standard InChI is InChI=1S/C16H26N2S/c1-3-16(4-2)12-18(11-14-6-5-9-19-14)15(10-17-16)13-7-8-13/h5-6,9,13,15,17H,3-4,7-8,10-12H2,1-2H3. The Hall–Kier alpha value is -0.380. The Morgan fingerprint density at radius 1 is 1.37 bits per heavy atom. The summed E-state index contributed by atoms with van der Waals surface area (Å²) >= 11 is 1.90. The third-order valence-corrected chi connectivity index (χ3v) is 5.98. The molecule has 1 aromatic heterocycles. The van der Waals surface area contributed by atoms with Crippen LogP contribution in [0.5, 0.6) is 0 Å². The molecule has 3 rings (SSSR count). The first-order valence-electron chi connectivity index (χ1n) is 7.78. The highest BCUT2D eigenvalue weighted by Gasteiger charge is 2.42. The smallest absolute Gasteiger partial charge is 0.0332 e. The van der Waals surface area contributed by atoms with Crippen molar-refractivity contribution in [3.63, 3.8) is 0 Å². The number of thiophene rings is 1. The van der Waals surface area contributed by atoms with Crippen LogP contribution in [0.25, 0.3) is 0 Å². The summed E-state index contributed by atoms with van der Waals surface area (Å²) in [5.41, 5.74) is 0.350. The fraction of sp³-hybridized carbons (Fsp3) is 0.750. The number of nitrogens with zero attached hydrogens (tertiary/aromatic N) is 1. The van der Waals surface area contributed by atoms with Crippen molar-refractivity contribution in [1.82, 2.24) is 10.2 Å². The van der Waals surface area contributed by atoms with E-state index in [0.29, 0.717) is 5.54 Å². The first kappa shape index (κ1) is 13.6. The molecule has 1 atom stereocenters. The minimum Gasteiger partial charge on any atom is -0.308 e. The Balaban J connectivity index is 1.74. The third kappa shape index (κ3) is 2.88. The molecule has 106 valence electrons. The van der Waals surface area contributed by atoms with Crippen LogP contribution in [0.1, 0.15) is 44.4 Å². The molecule has 1 saturated carbocycles. The SMILES string of the molecule is CCC1(CC)CN(Cc2cccs2)C(C2CC2)CN1. The number of rotatable bonds is 5. The topological polar surface area (TPSA) is 15.3 Å². The zero-order valence-electron chi connectivity index (χ0n) is 12.2. The van der Waals surface area contributed by atoms with Crippen molar-refractivity contribution < 1.29 is 0 Å². The van der Waals surface area contributed by atoms with Crippen LogP contribution in [0.3, 0.4) is 0 Å². The van der Waals surface area contributed by atoms with Gasteiger partial charge in [0.25, 0.3) is 0 Å². The summed E-state index contributed by atoms with van der Waals surface area (Å²) in [6, 6.07) is 5.24. The van der Waals surface area contributed by atoms with Gasteiger partial charge in [-0.25, -0.2) is 0 Å². The van der Waals surface area contributed by atoms with Gasteiger partial charge in [-0.05, 0) is 43.0 Å². The highest BCUT2D eigenvalue weighted by atomic mass is 32.1. The molecule has 2 fully saturated rings. The highest BCUT2D eigenvalue weighted by Crippen LogP contribution is 2.39. The molecular weight excluding hydrogens is 252 g/mol. The molecule has 0 amide bonds. The van der Waals surface area contributed by atoms with Crippen LogP contribution < -0.4 is 5.32 Å². The maximum absolute atomic E-state index is 3.87. The summed E-state index contributed by atoms with van der Waals surface area (Å²) in [5, 5.41) is 6.08. The van der Waals surface area contributed by atoms with Gasteiger partial charge in [0.15, 0.2) is 0 Å². The lowest BCUT2D eigenvalue weighted by atomic mass is 9.87. The second-order valence-corrected chi connectivity index (χ2v) is 7.29. The second kappa shape index (κ2) is 5.55. The van der Waals surface area contributed by atoms with Crippen molar-refractivity contribution in [1.29, 1.82) is 0 Å². The summed E-state index contributed by atoms with van der Waals surface area (Å²) in [6.07, 6.45) is 5.36. The molecule has 2 heterocycles. The Bertz CT molecular complexity index is 393. The van der Waals surface area contributed by atoms with Crippen molar-refractivity contribution in [3.8, 4) is 0 Å². The van der Waals surface area contributed by atoms with Gasteiger partial charge in [-0.1, -0.05) is 19.9 Å². The zero-order chi connectivity index (χ0) is 13.3. The second-order valence-electron chi connectivity index (χ2n) is 6.26. The van der Waals surface area contributed by atoms with Crippen LogP contribution in [0.2, 0.25) is 0 Å². The average molecular weight is 278 g/mol. The summed E-state index contributed by atoms with van der Waals surface area (Å²) in [7, 11) is 0. The molecule has 0 radical (unpaired) electrons. The van der Waals surface area contributed by atoms with E-state index in [0.717, 1.165) is 18.5 Å². The molecule has 0 aromatic carbocycles. The van der Waals surface area contributed by atoms with Crippen molar-refractivity contribution >= 4 is 11.3 Å². The first-order chi connectivity index (χ1) is 9.26. The quantitative estimate of drug-likeness (QED) is 0.887. The predicted molar refractivity (Wildman–Crippen MR) is 82.6 cm³/mol. The molecule has 2 aliphatic rings. The van der Waals surface area contributed by atoms with Gasteiger partial charge < -0.3 is 5.32 Å². The van der Waals surface area contributed by atoms with E-state index in [1.54, 1.807) is 0 Å². The van der Waals surface area contributed by atoms with Gasteiger partial charge in [-0.2, -0.15) is 0 Å². The molecule has 1 aromatic rings. The molecule has 1 aliphatic carbocycles. The largest absolute Gasteiger partial charge is 0.308 e. The first-order valence-corrected chi connectivity index (χ1v) is 8.66. The van der Waals surface area contributed by atoms with Crippen LogP contribution in [-0.2, 0) is 6.54 Å². The fourth-order valence-electron chi connectivity index (χ4n) is 3.46. The summed E-state index contributed by atoms with van der Waals surface area (Å²) in [4.78, 5) is 4.29. The fourth-order valence-corrected chi connectivity index (χ4v) is 4.19. The van der Waals surface area contributed by atoms with Crippen molar-refractivity contribution in [2.75, 3.05) is 13.1 Å². The van der Waals surface area contributed by atoms with Gasteiger partial charge in [0, 0.05) is 36.1 Å². The third-order valence-electron chi connectivity index (χ3n) is 5.12. The van der Waals surface area contributed by atoms with Crippen molar-refractivity contribution in [3.05, 3.63) is 22.4 Å². The van der Waals surface area contributed by atoms with Gasteiger partial charge >= 0.3 is 0 Å². The molecule has 3 heteroatoms. The van der Waals surface area contributed by atoms with E-state index in [1.165, 1.54) is 43.6 Å². The van der Waals surface area contributed by atoms with E-state index in [9.17, 15) is 0 Å². The number of hydrogen-bond donors (Lipinski definition) is 1. The van der Waals surface area contributed by atoms with Crippen LogP contribution in [-0.4, -0.2) is 29.6 Å². The number of piperazine rings is 1. The summed E-state index contributed by atoms with van der Waals surface area (Å²) in [6.45, 7) is 8.23. The lowest BCUT2D eigenvalue weighted by Gasteiger charge is -2.47. The van der Waals surface area contributed by atoms with Crippen LogP contribution in [0.4, 0.5) is 0 Å². The normalized spacial score (nSPS) is 27.6. The van der Waals surface area contributed by atoms with Gasteiger partial charge in [-0.15, -0.1) is 11.3 Å². The van der Waals surface area contributed by atoms with Crippen molar-refractivity contribution in [2.24, 2.45) is 5.92 Å². The minimum atomic E-state index is 0.350. The average Bonchev–Trinajstić information content (AvgIpc) is 3.16. The Morgan fingerprint density at radius 2 is 2.16 bits per heavy atom. The van der Waals surface area contributed by atoms with Gasteiger partial charge in [0.2, 0.25) is 0 Å². The Morgan fingerprint density at radius 3 is 2.74 bits per heavy atom. The van der Waals surface area contributed by atoms with Gasteiger partial charge in [0.1, 0.15) is 0 Å². The maximum atomic E-state index is 3.87. The van der Waals surface area contributed by atoms with E-state index in [2.05, 4.69) is 41.6 Å². The maximum Gasteiger partial charge on any atom is 0.0332 e. The summed E-state index contributed by atoms with van der Waals surface area (Å²) < 4.78 is 0. The van der Waals surface area contributed by atoms with Gasteiger partial charge in [0.05, 0.1) is 0 Å². The van der Waals surface area contributed by atoms with Gasteiger partial charge in [-0.3, -0.25) is 4.90 Å². The molecule has 1 saturated heterocycles. The monoisotopic (exact) mass is 278 g/mol. The number of hydrogen-bond acceptors (Lipinski definition) is 3. The van der Waals surface area contributed by atoms with E-state index in [1.807, 2.05) is 11.3 Å². The van der Waals surface area contributed by atoms with Crippen LogP contribution >= 0.6 is 11.3 Å². The van der Waals surface area contributed by atoms with E-state index in [4.69, 9.17) is 0 Å². The lowest BCUT2D eigenvalue weighted by Crippen LogP contribution is -2.64. The lowest BCUT2D eigenvalue weighted by molar-refractivity contribution is 0.0565. The predicted octanol–water partition coefficient (Wildman–Crippen LogP) is 3.49. The van der Waals surface area contributed by atoms with E-state index in [-0.39, 0.29) is 0 Å². The molecule has 19 heavy (non-hydrogen) atoms. The minimum absolute atomic E-state index is 0.350.